The standard InChI is InChI=1S/2C21H25NO3/c2*1-15(2)18(13-16-9-5-3-6-10-16)14-19(21(24)25)22-20(23)17-11-7-4-8-12-17/h2*3-12,15,18-19H,13-14H2,1-2H3,(H,22,23)(H,24,25)/t2*18-,19-/m10/s1. The molecule has 0 unspecified atom stereocenters. The van der Waals surface area contributed by atoms with Crippen molar-refractivity contribution in [3.05, 3.63) is 144 Å². The van der Waals surface area contributed by atoms with Gasteiger partial charge in [-0.3, -0.25) is 9.59 Å². The molecule has 264 valence electrons. The lowest BCUT2D eigenvalue weighted by Crippen LogP contribution is -2.42. The molecular formula is C42H50N2O6. The van der Waals surface area contributed by atoms with Gasteiger partial charge in [-0.1, -0.05) is 125 Å². The summed E-state index contributed by atoms with van der Waals surface area (Å²) in [7, 11) is 0. The van der Waals surface area contributed by atoms with E-state index in [0.29, 0.717) is 35.8 Å². The van der Waals surface area contributed by atoms with Crippen molar-refractivity contribution < 1.29 is 29.4 Å². The van der Waals surface area contributed by atoms with E-state index in [9.17, 15) is 29.4 Å². The highest BCUT2D eigenvalue weighted by Gasteiger charge is 2.28. The van der Waals surface area contributed by atoms with Gasteiger partial charge in [-0.2, -0.15) is 0 Å². The van der Waals surface area contributed by atoms with Crippen molar-refractivity contribution in [2.75, 3.05) is 0 Å². The Morgan fingerprint density at radius 2 is 0.760 bits per heavy atom. The van der Waals surface area contributed by atoms with Gasteiger partial charge in [0.1, 0.15) is 12.1 Å². The number of carboxylic acid groups (broad SMARTS) is 2. The third-order valence-electron chi connectivity index (χ3n) is 8.92. The molecule has 2 amide bonds. The average Bonchev–Trinajstić information content (AvgIpc) is 3.11. The number of amides is 2. The largest absolute Gasteiger partial charge is 0.480 e. The van der Waals surface area contributed by atoms with Crippen molar-refractivity contribution in [3.8, 4) is 0 Å². The number of benzene rings is 4. The zero-order valence-electron chi connectivity index (χ0n) is 29.4. The Kier molecular flexibility index (Phi) is 15.9. The number of carboxylic acids is 2. The van der Waals surface area contributed by atoms with E-state index in [1.807, 2.05) is 72.8 Å². The molecule has 4 N–H and O–H groups in total. The zero-order chi connectivity index (χ0) is 36.5. The predicted octanol–water partition coefficient (Wildman–Crippen LogP) is 7.55. The summed E-state index contributed by atoms with van der Waals surface area (Å²) in [5, 5.41) is 24.4. The van der Waals surface area contributed by atoms with Gasteiger partial charge in [0.05, 0.1) is 0 Å². The summed E-state index contributed by atoms with van der Waals surface area (Å²) >= 11 is 0. The van der Waals surface area contributed by atoms with E-state index in [-0.39, 0.29) is 23.7 Å². The van der Waals surface area contributed by atoms with Gasteiger partial charge in [0.25, 0.3) is 11.8 Å². The number of aliphatic carboxylic acids is 2. The van der Waals surface area contributed by atoms with Crippen molar-refractivity contribution in [2.45, 2.75) is 65.5 Å². The Hall–Kier alpha value is -5.24. The van der Waals surface area contributed by atoms with Crippen LogP contribution in [0.25, 0.3) is 0 Å². The molecule has 0 spiro atoms. The number of rotatable bonds is 16. The molecule has 0 bridgehead atoms. The van der Waals surface area contributed by atoms with E-state index < -0.39 is 24.0 Å². The SMILES string of the molecule is CC(C)[C@@H](Cc1ccccc1)C[C@H](NC(=O)c1ccccc1)C(=O)O.CC(C)[C@H](Cc1ccccc1)C[C@@H](NC(=O)c1ccccc1)C(=O)O. The van der Waals surface area contributed by atoms with Crippen molar-refractivity contribution >= 4 is 23.8 Å². The molecule has 0 radical (unpaired) electrons. The van der Waals surface area contributed by atoms with Crippen LogP contribution in [0.3, 0.4) is 0 Å². The van der Waals surface area contributed by atoms with Gasteiger partial charge in [0.2, 0.25) is 0 Å². The predicted molar refractivity (Wildman–Crippen MR) is 197 cm³/mol. The monoisotopic (exact) mass is 678 g/mol. The van der Waals surface area contributed by atoms with Crippen molar-refractivity contribution in [1.29, 1.82) is 0 Å². The summed E-state index contributed by atoms with van der Waals surface area (Å²) in [6, 6.07) is 35.7. The molecule has 0 heterocycles. The maximum Gasteiger partial charge on any atom is 0.326 e. The Labute approximate surface area is 296 Å². The molecule has 0 aliphatic rings. The molecule has 4 aromatic carbocycles. The molecule has 50 heavy (non-hydrogen) atoms. The molecule has 8 heteroatoms. The zero-order valence-corrected chi connectivity index (χ0v) is 29.4. The number of nitrogens with one attached hydrogen (secondary N) is 2. The second-order valence-electron chi connectivity index (χ2n) is 13.3. The second kappa shape index (κ2) is 20.3. The normalized spacial score (nSPS) is 13.2. The molecule has 0 aliphatic heterocycles. The lowest BCUT2D eigenvalue weighted by Gasteiger charge is -2.25. The third-order valence-corrected chi connectivity index (χ3v) is 8.92. The molecule has 0 saturated heterocycles. The van der Waals surface area contributed by atoms with Gasteiger partial charge < -0.3 is 20.8 Å². The fourth-order valence-electron chi connectivity index (χ4n) is 5.73. The van der Waals surface area contributed by atoms with E-state index in [2.05, 4.69) is 38.3 Å². The van der Waals surface area contributed by atoms with Crippen molar-refractivity contribution in [2.24, 2.45) is 23.7 Å². The van der Waals surface area contributed by atoms with Crippen LogP contribution >= 0.6 is 0 Å². The van der Waals surface area contributed by atoms with Gasteiger partial charge in [-0.15, -0.1) is 0 Å². The molecule has 0 fully saturated rings. The second-order valence-corrected chi connectivity index (χ2v) is 13.3. The minimum Gasteiger partial charge on any atom is -0.480 e. The number of hydrogen-bond donors (Lipinski definition) is 4. The minimum atomic E-state index is -0.997. The highest BCUT2D eigenvalue weighted by atomic mass is 16.4. The first-order valence-corrected chi connectivity index (χ1v) is 17.2. The average molecular weight is 679 g/mol. The highest BCUT2D eigenvalue weighted by Crippen LogP contribution is 2.24. The molecule has 4 rings (SSSR count). The first kappa shape index (κ1) is 39.2. The van der Waals surface area contributed by atoms with Crippen molar-refractivity contribution in [3.63, 3.8) is 0 Å². The Balaban J connectivity index is 0.000000270. The highest BCUT2D eigenvalue weighted by molar-refractivity contribution is 5.97. The Morgan fingerprint density at radius 3 is 1.02 bits per heavy atom. The van der Waals surface area contributed by atoms with E-state index >= 15 is 0 Å². The fourth-order valence-corrected chi connectivity index (χ4v) is 5.73. The van der Waals surface area contributed by atoms with Crippen LogP contribution in [-0.2, 0) is 22.4 Å². The van der Waals surface area contributed by atoms with Crippen LogP contribution < -0.4 is 10.6 Å². The summed E-state index contributed by atoms with van der Waals surface area (Å²) in [6.45, 7) is 8.36. The van der Waals surface area contributed by atoms with Gasteiger partial charge in [-0.05, 0) is 84.7 Å². The van der Waals surface area contributed by atoms with Gasteiger partial charge in [-0.25, -0.2) is 9.59 Å². The minimum absolute atomic E-state index is 0.166. The summed E-state index contributed by atoms with van der Waals surface area (Å²) < 4.78 is 0. The number of carbonyl (C=O) groups is 4. The molecule has 4 atom stereocenters. The summed E-state index contributed by atoms with van der Waals surface area (Å²) in [5.41, 5.74) is 3.30. The number of hydrogen-bond acceptors (Lipinski definition) is 4. The maximum absolute atomic E-state index is 12.3. The van der Waals surface area contributed by atoms with Crippen LogP contribution in [0.2, 0.25) is 0 Å². The lowest BCUT2D eigenvalue weighted by molar-refractivity contribution is -0.140. The Morgan fingerprint density at radius 1 is 0.480 bits per heavy atom. The molecule has 0 aliphatic carbocycles. The first-order chi connectivity index (χ1) is 23.9. The van der Waals surface area contributed by atoms with Gasteiger partial charge in [0, 0.05) is 11.1 Å². The fraction of sp³-hybridized carbons (Fsp3) is 0.333. The van der Waals surface area contributed by atoms with Gasteiger partial charge in [0.15, 0.2) is 0 Å². The van der Waals surface area contributed by atoms with Crippen LogP contribution in [0.15, 0.2) is 121 Å². The quantitative estimate of drug-likeness (QED) is 0.0968. The molecule has 0 saturated carbocycles. The molecular weight excluding hydrogens is 628 g/mol. The third kappa shape index (κ3) is 13.3. The van der Waals surface area contributed by atoms with Crippen LogP contribution in [0.1, 0.15) is 72.4 Å². The van der Waals surface area contributed by atoms with Crippen LogP contribution in [0.5, 0.6) is 0 Å². The van der Waals surface area contributed by atoms with E-state index in [1.165, 1.54) is 11.1 Å². The molecule has 4 aromatic rings. The van der Waals surface area contributed by atoms with E-state index in [0.717, 1.165) is 12.8 Å². The summed E-state index contributed by atoms with van der Waals surface area (Å²) in [6.07, 6.45) is 2.40. The van der Waals surface area contributed by atoms with Crippen LogP contribution in [0, 0.1) is 23.7 Å². The summed E-state index contributed by atoms with van der Waals surface area (Å²) in [4.78, 5) is 47.9. The smallest absolute Gasteiger partial charge is 0.326 e. The topological polar surface area (TPSA) is 133 Å². The lowest BCUT2D eigenvalue weighted by atomic mass is 9.84. The molecule has 8 nitrogen and oxygen atoms in total. The van der Waals surface area contributed by atoms with Gasteiger partial charge >= 0.3 is 11.9 Å². The summed E-state index contributed by atoms with van der Waals surface area (Å²) in [5.74, 6) is -1.73. The maximum atomic E-state index is 12.3. The first-order valence-electron chi connectivity index (χ1n) is 17.2. The Bertz CT molecular complexity index is 1490. The van der Waals surface area contributed by atoms with Crippen LogP contribution in [0.4, 0.5) is 0 Å². The van der Waals surface area contributed by atoms with Crippen molar-refractivity contribution in [1.82, 2.24) is 10.6 Å². The number of carbonyl (C=O) groups excluding carboxylic acids is 2. The van der Waals surface area contributed by atoms with E-state index in [4.69, 9.17) is 0 Å². The van der Waals surface area contributed by atoms with E-state index in [1.54, 1.807) is 48.5 Å². The van der Waals surface area contributed by atoms with Crippen LogP contribution in [-0.4, -0.2) is 46.0 Å². The molecule has 0 aromatic heterocycles.